The van der Waals surface area contributed by atoms with E-state index in [1.807, 2.05) is 23.1 Å². The minimum absolute atomic E-state index is 0.291. The molecular weight excluding hydrogens is 252 g/mol. The Morgan fingerprint density at radius 2 is 2.30 bits per heavy atom. The summed E-state index contributed by atoms with van der Waals surface area (Å²) in [5.41, 5.74) is 1.29. The number of likely N-dealkylation sites (tertiary alicyclic amines) is 1. The zero-order valence-electron chi connectivity index (χ0n) is 12.0. The Balaban J connectivity index is 1.78. The maximum Gasteiger partial charge on any atom is 0.165 e. The molecule has 1 atom stereocenters. The Kier molecular flexibility index (Phi) is 3.73. The summed E-state index contributed by atoms with van der Waals surface area (Å²) < 4.78 is 1.90. The van der Waals surface area contributed by atoms with Crippen LogP contribution in [0.25, 0.3) is 0 Å². The third kappa shape index (κ3) is 2.56. The first kappa shape index (κ1) is 13.2. The van der Waals surface area contributed by atoms with Crippen molar-refractivity contribution < 1.29 is 0 Å². The maximum absolute atomic E-state index is 4.23. The molecule has 1 unspecified atom stereocenters. The summed E-state index contributed by atoms with van der Waals surface area (Å²) in [6.07, 6.45) is 6.17. The van der Waals surface area contributed by atoms with E-state index in [-0.39, 0.29) is 0 Å². The molecule has 0 bridgehead atoms. The Hall–Kier alpha value is -1.82. The molecule has 0 spiro atoms. The summed E-state index contributed by atoms with van der Waals surface area (Å²) in [4.78, 5) is 6.68. The predicted octanol–water partition coefficient (Wildman–Crippen LogP) is 1.99. The molecule has 3 rings (SSSR count). The SMILES string of the molecule is CC(C)n1nnnc1CN1CCCC1c1cccnc1. The van der Waals surface area contributed by atoms with Crippen molar-refractivity contribution in [2.45, 2.75) is 45.3 Å². The highest BCUT2D eigenvalue weighted by molar-refractivity contribution is 5.15. The van der Waals surface area contributed by atoms with Gasteiger partial charge in [0.25, 0.3) is 0 Å². The summed E-state index contributed by atoms with van der Waals surface area (Å²) in [5.74, 6) is 0.941. The molecular formula is C14H20N6. The second kappa shape index (κ2) is 5.66. The largest absolute Gasteiger partial charge is 0.289 e. The molecule has 6 nitrogen and oxygen atoms in total. The first-order valence-electron chi connectivity index (χ1n) is 7.16. The molecule has 1 aliphatic heterocycles. The number of nitrogens with zero attached hydrogens (tertiary/aromatic N) is 6. The Bertz CT molecular complexity index is 550. The lowest BCUT2D eigenvalue weighted by Gasteiger charge is -2.24. The molecule has 0 aromatic carbocycles. The molecule has 106 valence electrons. The molecule has 6 heteroatoms. The van der Waals surface area contributed by atoms with Crippen molar-refractivity contribution in [1.29, 1.82) is 0 Å². The van der Waals surface area contributed by atoms with Crippen molar-refractivity contribution >= 4 is 0 Å². The highest BCUT2D eigenvalue weighted by Gasteiger charge is 2.27. The molecule has 0 aliphatic carbocycles. The molecule has 0 saturated carbocycles. The standard InChI is InChI=1S/C14H20N6/c1-11(2)20-14(16-17-18-20)10-19-8-4-6-13(19)12-5-3-7-15-9-12/h3,5,7,9,11,13H,4,6,8,10H2,1-2H3. The molecule has 3 heterocycles. The van der Waals surface area contributed by atoms with E-state index in [0.29, 0.717) is 12.1 Å². The van der Waals surface area contributed by atoms with Crippen LogP contribution in [-0.2, 0) is 6.54 Å². The Morgan fingerprint density at radius 1 is 1.40 bits per heavy atom. The van der Waals surface area contributed by atoms with Gasteiger partial charge in [0, 0.05) is 18.4 Å². The normalized spacial score (nSPS) is 19.9. The lowest BCUT2D eigenvalue weighted by Crippen LogP contribution is -2.25. The minimum atomic E-state index is 0.291. The van der Waals surface area contributed by atoms with Crippen molar-refractivity contribution in [3.63, 3.8) is 0 Å². The fourth-order valence-electron chi connectivity index (χ4n) is 2.87. The second-order valence-electron chi connectivity index (χ2n) is 5.55. The maximum atomic E-state index is 4.23. The highest BCUT2D eigenvalue weighted by atomic mass is 15.6. The molecule has 1 aliphatic rings. The van der Waals surface area contributed by atoms with Crippen LogP contribution >= 0.6 is 0 Å². The van der Waals surface area contributed by atoms with Gasteiger partial charge in [-0.3, -0.25) is 9.88 Å². The molecule has 0 radical (unpaired) electrons. The van der Waals surface area contributed by atoms with Crippen LogP contribution in [0.4, 0.5) is 0 Å². The van der Waals surface area contributed by atoms with Gasteiger partial charge >= 0.3 is 0 Å². The number of tetrazole rings is 1. The molecule has 0 N–H and O–H groups in total. The topological polar surface area (TPSA) is 59.7 Å². The number of rotatable bonds is 4. The van der Waals surface area contributed by atoms with Crippen molar-refractivity contribution in [2.75, 3.05) is 6.54 Å². The third-order valence-electron chi connectivity index (χ3n) is 3.83. The van der Waals surface area contributed by atoms with Gasteiger partial charge in [0.1, 0.15) is 0 Å². The van der Waals surface area contributed by atoms with E-state index in [9.17, 15) is 0 Å². The zero-order chi connectivity index (χ0) is 13.9. The average molecular weight is 272 g/mol. The Morgan fingerprint density at radius 3 is 3.05 bits per heavy atom. The minimum Gasteiger partial charge on any atom is -0.289 e. The molecule has 1 saturated heterocycles. The third-order valence-corrected chi connectivity index (χ3v) is 3.83. The van der Waals surface area contributed by atoms with Gasteiger partial charge in [-0.15, -0.1) is 5.10 Å². The molecule has 2 aromatic rings. The van der Waals surface area contributed by atoms with E-state index in [0.717, 1.165) is 18.9 Å². The van der Waals surface area contributed by atoms with Crippen LogP contribution in [-0.4, -0.2) is 36.6 Å². The average Bonchev–Trinajstić information content (AvgIpc) is 3.09. The van der Waals surface area contributed by atoms with Crippen molar-refractivity contribution in [3.8, 4) is 0 Å². The van der Waals surface area contributed by atoms with Crippen LogP contribution in [0.1, 0.15) is 50.2 Å². The van der Waals surface area contributed by atoms with Gasteiger partial charge in [-0.25, -0.2) is 4.68 Å². The fourth-order valence-corrected chi connectivity index (χ4v) is 2.87. The van der Waals surface area contributed by atoms with E-state index >= 15 is 0 Å². The van der Waals surface area contributed by atoms with E-state index in [2.05, 4.69) is 45.3 Å². The van der Waals surface area contributed by atoms with Gasteiger partial charge in [-0.05, 0) is 55.3 Å². The first-order chi connectivity index (χ1) is 9.75. The Labute approximate surface area is 118 Å². The predicted molar refractivity (Wildman–Crippen MR) is 74.8 cm³/mol. The summed E-state index contributed by atoms with van der Waals surface area (Å²) >= 11 is 0. The van der Waals surface area contributed by atoms with Crippen LogP contribution in [0.3, 0.4) is 0 Å². The van der Waals surface area contributed by atoms with Crippen LogP contribution in [0.15, 0.2) is 24.5 Å². The molecule has 20 heavy (non-hydrogen) atoms. The number of hydrogen-bond donors (Lipinski definition) is 0. The van der Waals surface area contributed by atoms with E-state index in [1.54, 1.807) is 0 Å². The summed E-state index contributed by atoms with van der Waals surface area (Å²) in [6.45, 7) is 6.08. The monoisotopic (exact) mass is 272 g/mol. The smallest absolute Gasteiger partial charge is 0.165 e. The highest BCUT2D eigenvalue weighted by Crippen LogP contribution is 2.32. The van der Waals surface area contributed by atoms with E-state index < -0.39 is 0 Å². The summed E-state index contributed by atoms with van der Waals surface area (Å²) in [5, 5.41) is 12.1. The summed E-state index contributed by atoms with van der Waals surface area (Å²) in [7, 11) is 0. The molecule has 0 amide bonds. The van der Waals surface area contributed by atoms with Crippen LogP contribution in [0.2, 0.25) is 0 Å². The van der Waals surface area contributed by atoms with Gasteiger partial charge in [0.2, 0.25) is 0 Å². The number of aromatic nitrogens is 5. The van der Waals surface area contributed by atoms with Gasteiger partial charge in [0.15, 0.2) is 5.82 Å². The van der Waals surface area contributed by atoms with Crippen molar-refractivity contribution in [2.24, 2.45) is 0 Å². The van der Waals surface area contributed by atoms with Gasteiger partial charge in [-0.1, -0.05) is 6.07 Å². The zero-order valence-corrected chi connectivity index (χ0v) is 12.0. The lowest BCUT2D eigenvalue weighted by atomic mass is 10.1. The van der Waals surface area contributed by atoms with Crippen molar-refractivity contribution in [1.82, 2.24) is 30.1 Å². The van der Waals surface area contributed by atoms with Gasteiger partial charge < -0.3 is 0 Å². The summed E-state index contributed by atoms with van der Waals surface area (Å²) in [6, 6.07) is 4.88. The van der Waals surface area contributed by atoms with Crippen LogP contribution < -0.4 is 0 Å². The van der Waals surface area contributed by atoms with E-state index in [1.165, 1.54) is 18.4 Å². The molecule has 2 aromatic heterocycles. The molecule has 1 fully saturated rings. The fraction of sp³-hybridized carbons (Fsp3) is 0.571. The quantitative estimate of drug-likeness (QED) is 0.851. The second-order valence-corrected chi connectivity index (χ2v) is 5.55. The number of hydrogen-bond acceptors (Lipinski definition) is 5. The van der Waals surface area contributed by atoms with Crippen LogP contribution in [0, 0.1) is 0 Å². The van der Waals surface area contributed by atoms with Crippen LogP contribution in [0.5, 0.6) is 0 Å². The van der Waals surface area contributed by atoms with Crippen molar-refractivity contribution in [3.05, 3.63) is 35.9 Å². The van der Waals surface area contributed by atoms with E-state index in [4.69, 9.17) is 0 Å². The number of pyridine rings is 1. The first-order valence-corrected chi connectivity index (χ1v) is 7.16. The van der Waals surface area contributed by atoms with Gasteiger partial charge in [-0.2, -0.15) is 0 Å². The van der Waals surface area contributed by atoms with Gasteiger partial charge in [0.05, 0.1) is 12.6 Å². The lowest BCUT2D eigenvalue weighted by molar-refractivity contribution is 0.235.